The van der Waals surface area contributed by atoms with Gasteiger partial charge < -0.3 is 9.47 Å². The van der Waals surface area contributed by atoms with E-state index in [4.69, 9.17) is 9.47 Å². The average Bonchev–Trinajstić information content (AvgIpc) is 2.41. The standard InChI is InChI=1S/C13H19F2NO4S/c1-13(20-3,9-19-2)8-16-21(17,18)7-10-6-11(14)4-5-12(10)15/h4-6,16H,7-9H2,1-3H3/t13-/m0/s1. The van der Waals surface area contributed by atoms with E-state index >= 15 is 0 Å². The summed E-state index contributed by atoms with van der Waals surface area (Å²) in [7, 11) is -0.931. The minimum atomic E-state index is -3.83. The smallest absolute Gasteiger partial charge is 0.215 e. The maximum absolute atomic E-state index is 13.5. The highest BCUT2D eigenvalue weighted by molar-refractivity contribution is 7.88. The quantitative estimate of drug-likeness (QED) is 0.786. The van der Waals surface area contributed by atoms with Crippen molar-refractivity contribution in [3.63, 3.8) is 0 Å². The van der Waals surface area contributed by atoms with Crippen molar-refractivity contribution in [1.29, 1.82) is 0 Å². The molecule has 1 atom stereocenters. The van der Waals surface area contributed by atoms with Gasteiger partial charge in [-0.1, -0.05) is 0 Å². The Morgan fingerprint density at radius 1 is 1.29 bits per heavy atom. The second-order valence-electron chi connectivity index (χ2n) is 4.90. The number of nitrogens with one attached hydrogen (secondary N) is 1. The Morgan fingerprint density at radius 2 is 1.95 bits per heavy atom. The van der Waals surface area contributed by atoms with Crippen molar-refractivity contribution < 1.29 is 26.7 Å². The van der Waals surface area contributed by atoms with Crippen LogP contribution in [0.5, 0.6) is 0 Å². The molecule has 5 nitrogen and oxygen atoms in total. The SMILES string of the molecule is COC[C@](C)(CNS(=O)(=O)Cc1cc(F)ccc1F)OC. The first-order valence-electron chi connectivity index (χ1n) is 6.17. The normalized spacial score (nSPS) is 14.9. The zero-order valence-corrected chi connectivity index (χ0v) is 13.0. The van der Waals surface area contributed by atoms with Gasteiger partial charge in [-0.2, -0.15) is 0 Å². The summed E-state index contributed by atoms with van der Waals surface area (Å²) in [5.74, 6) is -2.11. The lowest BCUT2D eigenvalue weighted by Crippen LogP contribution is -2.45. The van der Waals surface area contributed by atoms with Gasteiger partial charge in [0.15, 0.2) is 0 Å². The van der Waals surface area contributed by atoms with Gasteiger partial charge in [0.25, 0.3) is 0 Å². The van der Waals surface area contributed by atoms with Gasteiger partial charge in [0.2, 0.25) is 10.0 Å². The predicted molar refractivity (Wildman–Crippen MR) is 74.3 cm³/mol. The lowest BCUT2D eigenvalue weighted by atomic mass is 10.1. The topological polar surface area (TPSA) is 64.6 Å². The van der Waals surface area contributed by atoms with Crippen LogP contribution in [0.2, 0.25) is 0 Å². The van der Waals surface area contributed by atoms with Crippen molar-refractivity contribution in [2.24, 2.45) is 0 Å². The van der Waals surface area contributed by atoms with Crippen LogP contribution in [0.4, 0.5) is 8.78 Å². The highest BCUT2D eigenvalue weighted by Crippen LogP contribution is 2.14. The number of benzene rings is 1. The van der Waals surface area contributed by atoms with E-state index in [9.17, 15) is 17.2 Å². The molecule has 0 aromatic heterocycles. The van der Waals surface area contributed by atoms with Gasteiger partial charge in [-0.3, -0.25) is 0 Å². The minimum absolute atomic E-state index is 0.0450. The molecule has 0 saturated heterocycles. The van der Waals surface area contributed by atoms with Gasteiger partial charge in [0.05, 0.1) is 12.4 Å². The molecule has 0 heterocycles. The maximum atomic E-state index is 13.5. The summed E-state index contributed by atoms with van der Waals surface area (Å²) >= 11 is 0. The fourth-order valence-corrected chi connectivity index (χ4v) is 2.92. The summed E-state index contributed by atoms with van der Waals surface area (Å²) in [5, 5.41) is 0. The van der Waals surface area contributed by atoms with Gasteiger partial charge in [0, 0.05) is 26.3 Å². The monoisotopic (exact) mass is 323 g/mol. The van der Waals surface area contributed by atoms with Crippen molar-refractivity contribution >= 4 is 10.0 Å². The molecule has 0 aliphatic carbocycles. The van der Waals surface area contributed by atoms with Crippen LogP contribution in [0.25, 0.3) is 0 Å². The Labute approximate surface area is 123 Å². The third kappa shape index (κ3) is 5.66. The van der Waals surface area contributed by atoms with Gasteiger partial charge in [0.1, 0.15) is 17.2 Å². The van der Waals surface area contributed by atoms with E-state index in [2.05, 4.69) is 4.72 Å². The number of rotatable bonds is 8. The van der Waals surface area contributed by atoms with Crippen LogP contribution in [0.3, 0.4) is 0 Å². The van der Waals surface area contributed by atoms with Crippen LogP contribution in [-0.2, 0) is 25.2 Å². The van der Waals surface area contributed by atoms with E-state index in [1.807, 2.05) is 0 Å². The number of hydrogen-bond acceptors (Lipinski definition) is 4. The fourth-order valence-electron chi connectivity index (χ4n) is 1.66. The molecule has 8 heteroatoms. The summed E-state index contributed by atoms with van der Waals surface area (Å²) in [6.45, 7) is 1.80. The summed E-state index contributed by atoms with van der Waals surface area (Å²) in [6.07, 6.45) is 0. The molecule has 21 heavy (non-hydrogen) atoms. The van der Waals surface area contributed by atoms with E-state index in [0.29, 0.717) is 0 Å². The maximum Gasteiger partial charge on any atom is 0.215 e. The van der Waals surface area contributed by atoms with Crippen LogP contribution < -0.4 is 4.72 Å². The molecule has 0 amide bonds. The second-order valence-corrected chi connectivity index (χ2v) is 6.71. The molecule has 0 fully saturated rings. The third-order valence-corrected chi connectivity index (χ3v) is 4.24. The number of sulfonamides is 1. The Balaban J connectivity index is 2.76. The van der Waals surface area contributed by atoms with Crippen LogP contribution in [-0.4, -0.2) is 41.4 Å². The highest BCUT2D eigenvalue weighted by atomic mass is 32.2. The first-order valence-corrected chi connectivity index (χ1v) is 7.82. The molecule has 0 spiro atoms. The molecule has 1 aromatic carbocycles. The Kier molecular flexibility index (Phi) is 6.21. The number of methoxy groups -OCH3 is 2. The average molecular weight is 323 g/mol. The molecule has 1 rings (SSSR count). The van der Waals surface area contributed by atoms with Gasteiger partial charge in [-0.25, -0.2) is 21.9 Å². The molecular weight excluding hydrogens is 304 g/mol. The molecule has 0 aliphatic rings. The summed E-state index contributed by atoms with van der Waals surface area (Å²) < 4.78 is 62.8. The largest absolute Gasteiger partial charge is 0.382 e. The first-order chi connectivity index (χ1) is 9.71. The van der Waals surface area contributed by atoms with Crippen LogP contribution >= 0.6 is 0 Å². The predicted octanol–water partition coefficient (Wildman–Crippen LogP) is 1.44. The summed E-state index contributed by atoms with van der Waals surface area (Å²) in [6, 6.07) is 2.68. The van der Waals surface area contributed by atoms with E-state index in [1.54, 1.807) is 6.92 Å². The molecule has 0 bridgehead atoms. The van der Waals surface area contributed by atoms with Gasteiger partial charge >= 0.3 is 0 Å². The minimum Gasteiger partial charge on any atom is -0.382 e. The van der Waals surface area contributed by atoms with E-state index < -0.39 is 33.0 Å². The second kappa shape index (κ2) is 7.26. The zero-order valence-electron chi connectivity index (χ0n) is 12.2. The van der Waals surface area contributed by atoms with E-state index in [1.165, 1.54) is 14.2 Å². The Hall–Kier alpha value is -1.09. The molecule has 0 radical (unpaired) electrons. The van der Waals surface area contributed by atoms with Crippen molar-refractivity contribution in [1.82, 2.24) is 4.72 Å². The van der Waals surface area contributed by atoms with Crippen molar-refractivity contribution in [2.75, 3.05) is 27.4 Å². The van der Waals surface area contributed by atoms with Crippen molar-refractivity contribution in [3.8, 4) is 0 Å². The van der Waals surface area contributed by atoms with Crippen molar-refractivity contribution in [2.45, 2.75) is 18.3 Å². The van der Waals surface area contributed by atoms with Gasteiger partial charge in [-0.15, -0.1) is 0 Å². The molecule has 120 valence electrons. The number of halogens is 2. The molecule has 0 unspecified atom stereocenters. The number of ether oxygens (including phenoxy) is 2. The molecular formula is C13H19F2NO4S. The molecule has 0 aliphatic heterocycles. The first kappa shape index (κ1) is 18.0. The lowest BCUT2D eigenvalue weighted by Gasteiger charge is -2.27. The Morgan fingerprint density at radius 3 is 2.52 bits per heavy atom. The molecule has 1 aromatic rings. The zero-order chi connectivity index (χ0) is 16.1. The van der Waals surface area contributed by atoms with Gasteiger partial charge in [-0.05, 0) is 25.1 Å². The van der Waals surface area contributed by atoms with Crippen LogP contribution in [0.1, 0.15) is 12.5 Å². The molecule has 1 N–H and O–H groups in total. The summed E-state index contributed by atoms with van der Waals surface area (Å²) in [5.41, 5.74) is -1.07. The van der Waals surface area contributed by atoms with E-state index in [0.717, 1.165) is 18.2 Å². The molecule has 0 saturated carbocycles. The number of hydrogen-bond donors (Lipinski definition) is 1. The van der Waals surface area contributed by atoms with Crippen LogP contribution in [0, 0.1) is 11.6 Å². The van der Waals surface area contributed by atoms with Crippen LogP contribution in [0.15, 0.2) is 18.2 Å². The van der Waals surface area contributed by atoms with Crippen molar-refractivity contribution in [3.05, 3.63) is 35.4 Å². The third-order valence-electron chi connectivity index (χ3n) is 2.96. The fraction of sp³-hybridized carbons (Fsp3) is 0.538. The Bertz CT molecular complexity index is 580. The van der Waals surface area contributed by atoms with E-state index in [-0.39, 0.29) is 18.7 Å². The lowest BCUT2D eigenvalue weighted by molar-refractivity contribution is -0.0460. The highest BCUT2D eigenvalue weighted by Gasteiger charge is 2.26. The summed E-state index contributed by atoms with van der Waals surface area (Å²) in [4.78, 5) is 0.